The standard InChI is InChI=1S/C27H38P2/c1-5-14-24(15-6-1)28(25-16-7-2-8-17-25)22-13-23-29(26-18-9-3-10-19-26)27-20-11-4-12-21-27/h1,3,5-6,9-10,14-15,18-19,25,27H,2,4,7-8,11-13,16-17,20-23H2. The Morgan fingerprint density at radius 3 is 1.28 bits per heavy atom. The molecule has 0 saturated heterocycles. The Hall–Kier alpha value is -0.700. The first-order valence-electron chi connectivity index (χ1n) is 12.1. The van der Waals surface area contributed by atoms with E-state index < -0.39 is 0 Å². The van der Waals surface area contributed by atoms with Crippen molar-refractivity contribution in [1.82, 2.24) is 0 Å². The molecule has 0 N–H and O–H groups in total. The van der Waals surface area contributed by atoms with E-state index in [2.05, 4.69) is 60.7 Å². The molecule has 2 atom stereocenters. The summed E-state index contributed by atoms with van der Waals surface area (Å²) < 4.78 is 0. The van der Waals surface area contributed by atoms with Gasteiger partial charge in [0.1, 0.15) is 0 Å². The summed E-state index contributed by atoms with van der Waals surface area (Å²) in [6.07, 6.45) is 19.1. The van der Waals surface area contributed by atoms with Crippen LogP contribution in [-0.4, -0.2) is 23.6 Å². The van der Waals surface area contributed by atoms with Crippen LogP contribution in [0.2, 0.25) is 0 Å². The van der Waals surface area contributed by atoms with Crippen molar-refractivity contribution in [2.24, 2.45) is 0 Å². The van der Waals surface area contributed by atoms with E-state index in [0.717, 1.165) is 11.3 Å². The minimum Gasteiger partial charge on any atom is -0.0721 e. The van der Waals surface area contributed by atoms with E-state index in [0.29, 0.717) is 0 Å². The first-order chi connectivity index (χ1) is 14.4. The van der Waals surface area contributed by atoms with Crippen molar-refractivity contribution in [1.29, 1.82) is 0 Å². The molecule has 0 bridgehead atoms. The van der Waals surface area contributed by atoms with Crippen LogP contribution in [0.1, 0.15) is 70.6 Å². The lowest BCUT2D eigenvalue weighted by Gasteiger charge is -2.34. The van der Waals surface area contributed by atoms with Crippen molar-refractivity contribution in [3.05, 3.63) is 60.7 Å². The van der Waals surface area contributed by atoms with Gasteiger partial charge in [-0.2, -0.15) is 0 Å². The molecule has 2 aromatic rings. The average molecular weight is 425 g/mol. The molecule has 2 saturated carbocycles. The zero-order valence-electron chi connectivity index (χ0n) is 18.0. The van der Waals surface area contributed by atoms with Crippen LogP contribution in [0.5, 0.6) is 0 Å². The van der Waals surface area contributed by atoms with Crippen LogP contribution in [0.15, 0.2) is 60.7 Å². The average Bonchev–Trinajstić information content (AvgIpc) is 2.81. The summed E-state index contributed by atoms with van der Waals surface area (Å²) in [5.74, 6) is 0. The van der Waals surface area contributed by atoms with Gasteiger partial charge in [-0.1, -0.05) is 115 Å². The summed E-state index contributed by atoms with van der Waals surface area (Å²) in [6.45, 7) is 0. The molecule has 0 radical (unpaired) electrons. The topological polar surface area (TPSA) is 0 Å². The van der Waals surface area contributed by atoms with Gasteiger partial charge >= 0.3 is 0 Å². The van der Waals surface area contributed by atoms with Crippen LogP contribution >= 0.6 is 15.8 Å². The van der Waals surface area contributed by atoms with Crippen molar-refractivity contribution >= 4 is 26.5 Å². The molecule has 0 heterocycles. The highest BCUT2D eigenvalue weighted by atomic mass is 31.1. The van der Waals surface area contributed by atoms with E-state index in [1.807, 2.05) is 0 Å². The molecule has 0 nitrogen and oxygen atoms in total. The van der Waals surface area contributed by atoms with Crippen molar-refractivity contribution in [3.8, 4) is 0 Å². The summed E-state index contributed by atoms with van der Waals surface area (Å²) in [4.78, 5) is 0. The van der Waals surface area contributed by atoms with Crippen molar-refractivity contribution in [3.63, 3.8) is 0 Å². The second-order valence-electron chi connectivity index (χ2n) is 9.00. The van der Waals surface area contributed by atoms with E-state index in [1.54, 1.807) is 10.6 Å². The molecule has 2 aromatic carbocycles. The van der Waals surface area contributed by atoms with E-state index in [9.17, 15) is 0 Å². The largest absolute Gasteiger partial charge is 0.0721 e. The lowest BCUT2D eigenvalue weighted by Crippen LogP contribution is -2.21. The Bertz CT molecular complexity index is 625. The molecule has 0 amide bonds. The zero-order chi connectivity index (χ0) is 19.7. The number of hydrogen-bond acceptors (Lipinski definition) is 0. The van der Waals surface area contributed by atoms with Gasteiger partial charge in [-0.15, -0.1) is 0 Å². The molecule has 29 heavy (non-hydrogen) atoms. The van der Waals surface area contributed by atoms with Crippen LogP contribution in [0.3, 0.4) is 0 Å². The van der Waals surface area contributed by atoms with Gasteiger partial charge in [0.25, 0.3) is 0 Å². The fourth-order valence-corrected chi connectivity index (χ4v) is 11.9. The molecule has 2 aliphatic rings. The molecule has 2 fully saturated rings. The lowest BCUT2D eigenvalue weighted by atomic mass is 10.0. The number of hydrogen-bond donors (Lipinski definition) is 0. The van der Waals surface area contributed by atoms with Gasteiger partial charge < -0.3 is 0 Å². The summed E-state index contributed by atoms with van der Waals surface area (Å²) >= 11 is 0. The maximum absolute atomic E-state index is 2.43. The van der Waals surface area contributed by atoms with Crippen molar-refractivity contribution < 1.29 is 0 Å². The lowest BCUT2D eigenvalue weighted by molar-refractivity contribution is 0.510. The molecule has 2 unspecified atom stereocenters. The Labute approximate surface area is 181 Å². The highest BCUT2D eigenvalue weighted by Crippen LogP contribution is 2.51. The number of rotatable bonds is 8. The predicted molar refractivity (Wildman–Crippen MR) is 134 cm³/mol. The summed E-state index contributed by atoms with van der Waals surface area (Å²) in [7, 11) is 0.0389. The van der Waals surface area contributed by atoms with Crippen LogP contribution < -0.4 is 10.6 Å². The van der Waals surface area contributed by atoms with Gasteiger partial charge in [0.15, 0.2) is 0 Å². The van der Waals surface area contributed by atoms with Gasteiger partial charge in [0, 0.05) is 0 Å². The van der Waals surface area contributed by atoms with E-state index in [1.165, 1.54) is 83.0 Å². The minimum atomic E-state index is 0.0194. The van der Waals surface area contributed by atoms with Gasteiger partial charge in [-0.3, -0.25) is 0 Å². The smallest absolute Gasteiger partial charge is 0.0169 e. The second kappa shape index (κ2) is 11.6. The van der Waals surface area contributed by atoms with E-state index in [4.69, 9.17) is 0 Å². The first kappa shape index (κ1) is 21.5. The fourth-order valence-electron chi connectivity index (χ4n) is 5.48. The van der Waals surface area contributed by atoms with Crippen molar-refractivity contribution in [2.45, 2.75) is 81.9 Å². The molecule has 156 valence electrons. The number of benzene rings is 2. The molecule has 0 aliphatic heterocycles. The Kier molecular flexibility index (Phi) is 8.63. The maximum atomic E-state index is 2.43. The van der Waals surface area contributed by atoms with Crippen LogP contribution in [0, 0.1) is 0 Å². The molecule has 2 aliphatic carbocycles. The molecule has 0 aromatic heterocycles. The van der Waals surface area contributed by atoms with Crippen molar-refractivity contribution in [2.75, 3.05) is 12.3 Å². The van der Waals surface area contributed by atoms with Gasteiger partial charge in [-0.05, 0) is 66.4 Å². The monoisotopic (exact) mass is 424 g/mol. The Balaban J connectivity index is 1.43. The molecule has 0 spiro atoms. The quantitative estimate of drug-likeness (QED) is 0.382. The van der Waals surface area contributed by atoms with E-state index in [-0.39, 0.29) is 15.8 Å². The molecule has 4 rings (SSSR count). The minimum absolute atomic E-state index is 0.0194. The van der Waals surface area contributed by atoms with E-state index >= 15 is 0 Å². The van der Waals surface area contributed by atoms with Crippen LogP contribution in [0.25, 0.3) is 0 Å². The zero-order valence-corrected chi connectivity index (χ0v) is 19.8. The van der Waals surface area contributed by atoms with Gasteiger partial charge in [0.2, 0.25) is 0 Å². The normalized spacial score (nSPS) is 21.0. The highest BCUT2D eigenvalue weighted by Gasteiger charge is 2.27. The summed E-state index contributed by atoms with van der Waals surface area (Å²) in [5, 5.41) is 3.35. The van der Waals surface area contributed by atoms with Gasteiger partial charge in [-0.25, -0.2) is 0 Å². The third-order valence-electron chi connectivity index (χ3n) is 7.00. The third-order valence-corrected chi connectivity index (χ3v) is 13.3. The van der Waals surface area contributed by atoms with Crippen LogP contribution in [-0.2, 0) is 0 Å². The summed E-state index contributed by atoms with van der Waals surface area (Å²) in [6, 6.07) is 23.2. The predicted octanol–water partition coefficient (Wildman–Crippen LogP) is 7.66. The fraction of sp³-hybridized carbons (Fsp3) is 0.556. The Morgan fingerprint density at radius 2 is 0.897 bits per heavy atom. The summed E-state index contributed by atoms with van der Waals surface area (Å²) in [5.41, 5.74) is 1.97. The third kappa shape index (κ3) is 6.15. The molecular formula is C27H38P2. The maximum Gasteiger partial charge on any atom is -0.0169 e. The molecular weight excluding hydrogens is 386 g/mol. The molecule has 2 heteroatoms. The van der Waals surface area contributed by atoms with Gasteiger partial charge in [0.05, 0.1) is 0 Å². The Morgan fingerprint density at radius 1 is 0.517 bits per heavy atom. The second-order valence-corrected chi connectivity index (χ2v) is 14.3. The highest BCUT2D eigenvalue weighted by molar-refractivity contribution is 7.67. The van der Waals surface area contributed by atoms with Crippen LogP contribution in [0.4, 0.5) is 0 Å². The first-order valence-corrected chi connectivity index (χ1v) is 15.2. The SMILES string of the molecule is c1ccc(P(CCCP(c2ccccc2)C2CCCCC2)C2CCCCC2)cc1.